The van der Waals surface area contributed by atoms with E-state index in [1.54, 1.807) is 12.1 Å². The second-order valence-corrected chi connectivity index (χ2v) is 10.9. The first-order valence-electron chi connectivity index (χ1n) is 12.1. The first-order chi connectivity index (χ1) is 16.9. The molecule has 35 heavy (non-hydrogen) atoms. The van der Waals surface area contributed by atoms with Crippen molar-refractivity contribution in [3.63, 3.8) is 0 Å². The number of hydrogen-bond acceptors (Lipinski definition) is 4. The van der Waals surface area contributed by atoms with E-state index in [1.807, 2.05) is 40.2 Å². The highest BCUT2D eigenvalue weighted by atomic mass is 35.5. The van der Waals surface area contributed by atoms with Gasteiger partial charge in [-0.2, -0.15) is 0 Å². The summed E-state index contributed by atoms with van der Waals surface area (Å²) in [4.78, 5) is 34.1. The largest absolute Gasteiger partial charge is 0.338 e. The van der Waals surface area contributed by atoms with E-state index in [4.69, 9.17) is 11.6 Å². The molecule has 7 heteroatoms. The van der Waals surface area contributed by atoms with Gasteiger partial charge in [-0.1, -0.05) is 48.0 Å². The zero-order chi connectivity index (χ0) is 24.5. The molecule has 3 heterocycles. The van der Waals surface area contributed by atoms with Crippen LogP contribution in [0.5, 0.6) is 0 Å². The Hall–Kier alpha value is -2.67. The van der Waals surface area contributed by atoms with Gasteiger partial charge >= 0.3 is 0 Å². The van der Waals surface area contributed by atoms with Gasteiger partial charge in [-0.05, 0) is 60.5 Å². The lowest BCUT2D eigenvalue weighted by Gasteiger charge is -2.42. The highest BCUT2D eigenvalue weighted by Gasteiger charge is 2.35. The van der Waals surface area contributed by atoms with Crippen molar-refractivity contribution >= 4 is 34.8 Å². The Morgan fingerprint density at radius 1 is 1.00 bits per heavy atom. The van der Waals surface area contributed by atoms with Gasteiger partial charge in [0, 0.05) is 37.1 Å². The maximum atomic E-state index is 13.5. The van der Waals surface area contributed by atoms with Crippen LogP contribution in [0.1, 0.15) is 44.9 Å². The summed E-state index contributed by atoms with van der Waals surface area (Å²) >= 11 is 8.07. The molecular weight excluding hydrogens is 478 g/mol. The third kappa shape index (κ3) is 4.75. The lowest BCUT2D eigenvalue weighted by molar-refractivity contribution is -0.135. The first-order valence-corrected chi connectivity index (χ1v) is 13.4. The van der Waals surface area contributed by atoms with E-state index in [0.29, 0.717) is 36.8 Å². The van der Waals surface area contributed by atoms with Crippen molar-refractivity contribution in [1.82, 2.24) is 14.7 Å². The minimum Gasteiger partial charge on any atom is -0.338 e. The number of halogens is 1. The Kier molecular flexibility index (Phi) is 6.96. The number of thiophene rings is 1. The van der Waals surface area contributed by atoms with E-state index in [1.165, 1.54) is 21.6 Å². The number of aryl methyl sites for hydroxylation is 1. The predicted octanol–water partition coefficient (Wildman–Crippen LogP) is 5.03. The molecule has 5 nitrogen and oxygen atoms in total. The summed E-state index contributed by atoms with van der Waals surface area (Å²) in [6, 6.07) is 17.9. The summed E-state index contributed by atoms with van der Waals surface area (Å²) in [6.45, 7) is 6.95. The molecule has 0 N–H and O–H groups in total. The molecule has 2 aromatic carbocycles. The van der Waals surface area contributed by atoms with Crippen LogP contribution in [0.4, 0.5) is 0 Å². The van der Waals surface area contributed by atoms with Crippen LogP contribution < -0.4 is 0 Å². The van der Waals surface area contributed by atoms with Gasteiger partial charge in [0.05, 0.1) is 23.2 Å². The molecule has 5 rings (SSSR count). The number of hydrogen-bond donors (Lipinski definition) is 0. The maximum Gasteiger partial charge on any atom is 0.255 e. The van der Waals surface area contributed by atoms with E-state index in [0.717, 1.165) is 13.0 Å². The second-order valence-electron chi connectivity index (χ2n) is 9.45. The van der Waals surface area contributed by atoms with Crippen LogP contribution >= 0.6 is 22.9 Å². The summed E-state index contributed by atoms with van der Waals surface area (Å²) in [5.74, 6) is 0.0507. The summed E-state index contributed by atoms with van der Waals surface area (Å²) in [7, 11) is 0. The van der Waals surface area contributed by atoms with Gasteiger partial charge in [0.25, 0.3) is 5.91 Å². The fraction of sp³-hybridized carbons (Fsp3) is 0.357. The molecule has 2 amide bonds. The molecule has 1 fully saturated rings. The summed E-state index contributed by atoms with van der Waals surface area (Å²) in [5, 5.41) is 2.63. The molecule has 0 saturated carbocycles. The maximum absolute atomic E-state index is 13.5. The van der Waals surface area contributed by atoms with Gasteiger partial charge in [0.15, 0.2) is 0 Å². The Morgan fingerprint density at radius 2 is 1.77 bits per heavy atom. The molecule has 2 aliphatic rings. The standard InChI is InChI=1S/C28H30ClN3O2S/c1-19-7-3-4-8-21(19)27-23-12-16-35-25(23)11-13-31(27)18-26(33)30-14-15-32(20(2)17-30)28(34)22-9-5-6-10-24(22)29/h3-10,12,16,20,27H,11,13-15,17-18H2,1-2H3/t20-,27+/m1/s1. The van der Waals surface area contributed by atoms with E-state index < -0.39 is 0 Å². The fourth-order valence-corrected chi connectivity index (χ4v) is 6.47. The van der Waals surface area contributed by atoms with E-state index in [-0.39, 0.29) is 23.9 Å². The number of carbonyl (C=O) groups excluding carboxylic acids is 2. The Balaban J connectivity index is 1.30. The van der Waals surface area contributed by atoms with Gasteiger partial charge in [0.2, 0.25) is 5.91 Å². The van der Waals surface area contributed by atoms with Crippen molar-refractivity contribution in [3.8, 4) is 0 Å². The van der Waals surface area contributed by atoms with Crippen LogP contribution in [0.25, 0.3) is 0 Å². The van der Waals surface area contributed by atoms with Crippen LogP contribution in [-0.4, -0.2) is 65.3 Å². The van der Waals surface area contributed by atoms with Crippen molar-refractivity contribution in [2.75, 3.05) is 32.7 Å². The van der Waals surface area contributed by atoms with E-state index >= 15 is 0 Å². The average molecular weight is 508 g/mol. The summed E-state index contributed by atoms with van der Waals surface area (Å²) < 4.78 is 0. The number of fused-ring (bicyclic) bond motifs is 1. The molecule has 2 atom stereocenters. The van der Waals surface area contributed by atoms with Crippen molar-refractivity contribution in [2.45, 2.75) is 32.4 Å². The fourth-order valence-electron chi connectivity index (χ4n) is 5.35. The molecule has 0 radical (unpaired) electrons. The van der Waals surface area contributed by atoms with Crippen LogP contribution in [-0.2, 0) is 11.2 Å². The van der Waals surface area contributed by atoms with E-state index in [9.17, 15) is 9.59 Å². The molecule has 3 aromatic rings. The molecule has 2 aliphatic heterocycles. The highest BCUT2D eigenvalue weighted by molar-refractivity contribution is 7.10. The molecule has 1 saturated heterocycles. The molecule has 0 spiro atoms. The summed E-state index contributed by atoms with van der Waals surface area (Å²) in [5.41, 5.74) is 4.35. The van der Waals surface area contributed by atoms with Gasteiger partial charge < -0.3 is 9.80 Å². The SMILES string of the molecule is Cc1ccccc1[C@H]1c2ccsc2CCN1CC(=O)N1CCN(C(=O)c2ccccc2Cl)[C@H](C)C1. The molecule has 0 aliphatic carbocycles. The molecular formula is C28H30ClN3O2S. The quantitative estimate of drug-likeness (QED) is 0.497. The number of nitrogens with zero attached hydrogens (tertiary/aromatic N) is 3. The number of amides is 2. The summed E-state index contributed by atoms with van der Waals surface area (Å²) in [6.07, 6.45) is 0.971. The minimum absolute atomic E-state index is 0.0733. The minimum atomic E-state index is -0.0755. The molecule has 0 unspecified atom stereocenters. The first kappa shape index (κ1) is 24.0. The zero-order valence-corrected chi connectivity index (χ0v) is 21.7. The van der Waals surface area contributed by atoms with Crippen LogP contribution in [0.3, 0.4) is 0 Å². The van der Waals surface area contributed by atoms with Gasteiger partial charge in [-0.15, -0.1) is 11.3 Å². The Bertz CT molecular complexity index is 1240. The number of piperazine rings is 1. The van der Waals surface area contributed by atoms with Crippen molar-refractivity contribution in [2.24, 2.45) is 0 Å². The molecule has 1 aromatic heterocycles. The van der Waals surface area contributed by atoms with Crippen molar-refractivity contribution < 1.29 is 9.59 Å². The predicted molar refractivity (Wildman–Crippen MR) is 141 cm³/mol. The lowest BCUT2D eigenvalue weighted by atomic mass is 9.90. The van der Waals surface area contributed by atoms with Crippen LogP contribution in [0.2, 0.25) is 5.02 Å². The monoisotopic (exact) mass is 507 g/mol. The van der Waals surface area contributed by atoms with E-state index in [2.05, 4.69) is 47.5 Å². The van der Waals surface area contributed by atoms with Crippen molar-refractivity contribution in [1.29, 1.82) is 0 Å². The normalized spacial score (nSPS) is 20.5. The van der Waals surface area contributed by atoms with Crippen molar-refractivity contribution in [3.05, 3.63) is 92.1 Å². The van der Waals surface area contributed by atoms with Gasteiger partial charge in [-0.25, -0.2) is 0 Å². The Labute approximate surface area is 215 Å². The molecule has 182 valence electrons. The number of carbonyl (C=O) groups is 2. The van der Waals surface area contributed by atoms with Crippen LogP contribution in [0.15, 0.2) is 60.0 Å². The number of benzene rings is 2. The topological polar surface area (TPSA) is 43.9 Å². The zero-order valence-electron chi connectivity index (χ0n) is 20.1. The highest BCUT2D eigenvalue weighted by Crippen LogP contribution is 2.38. The molecule has 0 bridgehead atoms. The third-order valence-corrected chi connectivity index (χ3v) is 8.56. The van der Waals surface area contributed by atoms with Gasteiger partial charge in [-0.3, -0.25) is 14.5 Å². The van der Waals surface area contributed by atoms with Crippen LogP contribution in [0, 0.1) is 6.92 Å². The Morgan fingerprint density at radius 3 is 2.54 bits per heavy atom. The third-order valence-electron chi connectivity index (χ3n) is 7.23. The second kappa shape index (κ2) is 10.1. The number of rotatable bonds is 4. The average Bonchev–Trinajstić information content (AvgIpc) is 3.33. The smallest absolute Gasteiger partial charge is 0.255 e. The lowest BCUT2D eigenvalue weighted by Crippen LogP contribution is -2.57. The van der Waals surface area contributed by atoms with Gasteiger partial charge in [0.1, 0.15) is 0 Å².